The Balaban J connectivity index is 1.58. The summed E-state index contributed by atoms with van der Waals surface area (Å²) in [6, 6.07) is 9.26. The first-order valence-corrected chi connectivity index (χ1v) is 7.35. The van der Waals surface area contributed by atoms with E-state index in [4.69, 9.17) is 0 Å². The number of aromatic nitrogens is 1. The maximum absolute atomic E-state index is 12.9. The summed E-state index contributed by atoms with van der Waals surface area (Å²) in [7, 11) is 0. The number of urea groups is 1. The highest BCUT2D eigenvalue weighted by Gasteiger charge is 2.26. The molecule has 2 aromatic rings. The molecule has 0 radical (unpaired) electrons. The zero-order valence-electron chi connectivity index (χ0n) is 12.7. The number of halogens is 1. The lowest BCUT2D eigenvalue weighted by atomic mass is 10.2. The molecule has 1 aliphatic heterocycles. The SMILES string of the molecule is O=C1CNC(=O)N1CC=Cc1ccc(Nc2ccc(F)cc2)nc1. The summed E-state index contributed by atoms with van der Waals surface area (Å²) in [6.45, 7) is 0.276. The molecule has 3 rings (SSSR count). The zero-order chi connectivity index (χ0) is 16.9. The van der Waals surface area contributed by atoms with Gasteiger partial charge in [0, 0.05) is 18.4 Å². The lowest BCUT2D eigenvalue weighted by Crippen LogP contribution is -2.30. The second-order valence-electron chi connectivity index (χ2n) is 5.17. The highest BCUT2D eigenvalue weighted by atomic mass is 19.1. The molecule has 0 aliphatic carbocycles. The quantitative estimate of drug-likeness (QED) is 0.828. The molecule has 0 unspecified atom stereocenters. The van der Waals surface area contributed by atoms with Crippen molar-refractivity contribution < 1.29 is 14.0 Å². The van der Waals surface area contributed by atoms with Crippen molar-refractivity contribution in [3.05, 3.63) is 60.1 Å². The molecule has 1 fully saturated rings. The van der Waals surface area contributed by atoms with E-state index in [9.17, 15) is 14.0 Å². The number of carbonyl (C=O) groups excluding carboxylic acids is 2. The van der Waals surface area contributed by atoms with Crippen LogP contribution < -0.4 is 10.6 Å². The van der Waals surface area contributed by atoms with Gasteiger partial charge in [-0.05, 0) is 42.0 Å². The second kappa shape index (κ2) is 6.91. The van der Waals surface area contributed by atoms with Crippen LogP contribution in [0.5, 0.6) is 0 Å². The number of rotatable bonds is 5. The van der Waals surface area contributed by atoms with Gasteiger partial charge in [0.2, 0.25) is 5.91 Å². The molecule has 122 valence electrons. The fourth-order valence-electron chi connectivity index (χ4n) is 2.19. The molecule has 1 saturated heterocycles. The molecule has 0 spiro atoms. The number of amides is 3. The number of nitrogens with one attached hydrogen (secondary N) is 2. The minimum atomic E-state index is -0.373. The van der Waals surface area contributed by atoms with Gasteiger partial charge in [0.15, 0.2) is 0 Å². The van der Waals surface area contributed by atoms with Gasteiger partial charge in [-0.3, -0.25) is 9.69 Å². The summed E-state index contributed by atoms with van der Waals surface area (Å²) in [6.07, 6.45) is 5.18. The van der Waals surface area contributed by atoms with Gasteiger partial charge in [-0.2, -0.15) is 0 Å². The van der Waals surface area contributed by atoms with Crippen LogP contribution in [0.3, 0.4) is 0 Å². The van der Waals surface area contributed by atoms with Crippen LogP contribution in [0.1, 0.15) is 5.56 Å². The molecular formula is C17H15FN4O2. The van der Waals surface area contributed by atoms with E-state index >= 15 is 0 Å². The average molecular weight is 326 g/mol. The standard InChI is InChI=1S/C17H15FN4O2/c18-13-4-6-14(7-5-13)21-15-8-3-12(10-19-15)2-1-9-22-16(23)11-20-17(22)24/h1-8,10H,9,11H2,(H,19,21)(H,20,24). The van der Waals surface area contributed by atoms with Crippen LogP contribution in [0.25, 0.3) is 6.08 Å². The molecule has 1 aromatic heterocycles. The van der Waals surface area contributed by atoms with Crippen molar-refractivity contribution in [2.75, 3.05) is 18.4 Å². The molecule has 3 amide bonds. The number of anilines is 2. The lowest BCUT2D eigenvalue weighted by molar-refractivity contribution is -0.124. The normalized spacial score (nSPS) is 14.3. The van der Waals surface area contributed by atoms with Crippen LogP contribution in [0.15, 0.2) is 48.7 Å². The van der Waals surface area contributed by atoms with Crippen LogP contribution in [0.2, 0.25) is 0 Å². The molecule has 1 aromatic carbocycles. The van der Waals surface area contributed by atoms with Gasteiger partial charge in [-0.25, -0.2) is 14.2 Å². The molecule has 7 heteroatoms. The number of hydrogen-bond donors (Lipinski definition) is 2. The first-order valence-electron chi connectivity index (χ1n) is 7.35. The van der Waals surface area contributed by atoms with Gasteiger partial charge in [0.1, 0.15) is 11.6 Å². The highest BCUT2D eigenvalue weighted by molar-refractivity contribution is 6.02. The monoisotopic (exact) mass is 326 g/mol. The summed E-state index contributed by atoms with van der Waals surface area (Å²) in [4.78, 5) is 28.2. The van der Waals surface area contributed by atoms with E-state index in [0.29, 0.717) is 5.82 Å². The van der Waals surface area contributed by atoms with E-state index in [1.807, 2.05) is 6.07 Å². The largest absolute Gasteiger partial charge is 0.340 e. The average Bonchev–Trinajstić information content (AvgIpc) is 2.90. The van der Waals surface area contributed by atoms with Crippen LogP contribution in [0, 0.1) is 5.82 Å². The van der Waals surface area contributed by atoms with Crippen LogP contribution in [0.4, 0.5) is 20.7 Å². The molecule has 0 bridgehead atoms. The third-order valence-corrected chi connectivity index (χ3v) is 3.44. The zero-order valence-corrected chi connectivity index (χ0v) is 12.7. The Morgan fingerprint density at radius 2 is 2.00 bits per heavy atom. The van der Waals surface area contributed by atoms with E-state index in [-0.39, 0.29) is 30.8 Å². The molecule has 6 nitrogen and oxygen atoms in total. The van der Waals surface area contributed by atoms with Gasteiger partial charge in [0.25, 0.3) is 0 Å². The smallest absolute Gasteiger partial charge is 0.324 e. The summed E-state index contributed by atoms with van der Waals surface area (Å²) < 4.78 is 12.9. The second-order valence-corrected chi connectivity index (χ2v) is 5.17. The van der Waals surface area contributed by atoms with Crippen molar-refractivity contribution in [1.29, 1.82) is 0 Å². The highest BCUT2D eigenvalue weighted by Crippen LogP contribution is 2.15. The van der Waals surface area contributed by atoms with Gasteiger partial charge in [0.05, 0.1) is 6.54 Å². The van der Waals surface area contributed by atoms with Crippen molar-refractivity contribution in [2.24, 2.45) is 0 Å². The summed E-state index contributed by atoms with van der Waals surface area (Å²) >= 11 is 0. The Morgan fingerprint density at radius 3 is 2.62 bits per heavy atom. The van der Waals surface area contributed by atoms with Crippen molar-refractivity contribution in [3.63, 3.8) is 0 Å². The Morgan fingerprint density at radius 1 is 1.21 bits per heavy atom. The van der Waals surface area contributed by atoms with Gasteiger partial charge in [-0.15, -0.1) is 0 Å². The van der Waals surface area contributed by atoms with E-state index < -0.39 is 0 Å². The van der Waals surface area contributed by atoms with Crippen LogP contribution in [-0.4, -0.2) is 34.9 Å². The molecule has 2 N–H and O–H groups in total. The topological polar surface area (TPSA) is 74.3 Å². The molecule has 0 atom stereocenters. The summed E-state index contributed by atoms with van der Waals surface area (Å²) in [5.74, 6) is 0.105. The van der Waals surface area contributed by atoms with E-state index in [1.54, 1.807) is 36.5 Å². The first-order chi connectivity index (χ1) is 11.6. The maximum atomic E-state index is 12.9. The number of nitrogens with zero attached hydrogens (tertiary/aromatic N) is 2. The third kappa shape index (κ3) is 3.75. The van der Waals surface area contributed by atoms with E-state index in [2.05, 4.69) is 15.6 Å². The van der Waals surface area contributed by atoms with Crippen LogP contribution >= 0.6 is 0 Å². The van der Waals surface area contributed by atoms with Crippen molar-refractivity contribution in [3.8, 4) is 0 Å². The number of carbonyl (C=O) groups is 2. The fraction of sp³-hybridized carbons (Fsp3) is 0.118. The molecule has 0 saturated carbocycles. The lowest BCUT2D eigenvalue weighted by Gasteiger charge is -2.08. The molecule has 24 heavy (non-hydrogen) atoms. The van der Waals surface area contributed by atoms with Gasteiger partial charge < -0.3 is 10.6 Å². The van der Waals surface area contributed by atoms with Gasteiger partial charge in [-0.1, -0.05) is 12.2 Å². The minimum Gasteiger partial charge on any atom is -0.340 e. The first kappa shape index (κ1) is 15.7. The Labute approximate surface area is 138 Å². The summed E-state index contributed by atoms with van der Waals surface area (Å²) in [5.41, 5.74) is 1.58. The maximum Gasteiger partial charge on any atom is 0.324 e. The van der Waals surface area contributed by atoms with Crippen molar-refractivity contribution in [2.45, 2.75) is 0 Å². The molecule has 1 aliphatic rings. The predicted molar refractivity (Wildman–Crippen MR) is 88.1 cm³/mol. The number of pyridine rings is 1. The number of hydrogen-bond acceptors (Lipinski definition) is 4. The Kier molecular flexibility index (Phi) is 4.51. The minimum absolute atomic E-state index is 0.0536. The Bertz CT molecular complexity index is 756. The van der Waals surface area contributed by atoms with Gasteiger partial charge >= 0.3 is 6.03 Å². The molecular weight excluding hydrogens is 311 g/mol. The Hall–Kier alpha value is -3.22. The van der Waals surface area contributed by atoms with E-state index in [0.717, 1.165) is 16.2 Å². The molecule has 2 heterocycles. The van der Waals surface area contributed by atoms with Crippen molar-refractivity contribution in [1.82, 2.24) is 15.2 Å². The fourth-order valence-corrected chi connectivity index (χ4v) is 2.19. The summed E-state index contributed by atoms with van der Waals surface area (Å²) in [5, 5.41) is 5.52. The number of imide groups is 1. The van der Waals surface area contributed by atoms with Crippen LogP contribution in [-0.2, 0) is 4.79 Å². The van der Waals surface area contributed by atoms with E-state index in [1.165, 1.54) is 12.1 Å². The van der Waals surface area contributed by atoms with Crippen molar-refractivity contribution >= 4 is 29.5 Å². The predicted octanol–water partition coefficient (Wildman–Crippen LogP) is 2.53. The third-order valence-electron chi connectivity index (χ3n) is 3.44. The number of benzene rings is 1.